The number of nitrogens with zero attached hydrogens (tertiary/aromatic N) is 3. The number of carbonyl (C=O) groups is 1. The summed E-state index contributed by atoms with van der Waals surface area (Å²) in [5.74, 6) is -0.311. The topological polar surface area (TPSA) is 92.3 Å². The van der Waals surface area contributed by atoms with Gasteiger partial charge >= 0.3 is 0 Å². The van der Waals surface area contributed by atoms with E-state index in [4.69, 9.17) is 0 Å². The first kappa shape index (κ1) is 21.1. The summed E-state index contributed by atoms with van der Waals surface area (Å²) in [4.78, 5) is 22.6. The van der Waals surface area contributed by atoms with Crippen LogP contribution in [0.3, 0.4) is 0 Å². The van der Waals surface area contributed by atoms with Crippen molar-refractivity contribution in [2.45, 2.75) is 11.8 Å². The third-order valence-corrected chi connectivity index (χ3v) is 7.64. The van der Waals surface area contributed by atoms with Gasteiger partial charge in [-0.2, -0.15) is 0 Å². The van der Waals surface area contributed by atoms with Crippen LogP contribution in [0.25, 0.3) is 20.9 Å². The molecule has 1 amide bonds. The Morgan fingerprint density at radius 3 is 2.45 bits per heavy atom. The summed E-state index contributed by atoms with van der Waals surface area (Å²) in [6, 6.07) is 15.4. The van der Waals surface area contributed by atoms with Gasteiger partial charge in [0, 0.05) is 37.1 Å². The van der Waals surface area contributed by atoms with Gasteiger partial charge in [-0.1, -0.05) is 11.3 Å². The van der Waals surface area contributed by atoms with Crippen molar-refractivity contribution in [1.82, 2.24) is 14.3 Å². The van der Waals surface area contributed by atoms with Crippen molar-refractivity contribution in [2.75, 3.05) is 19.4 Å². The van der Waals surface area contributed by atoms with Gasteiger partial charge in [-0.05, 0) is 67.1 Å². The van der Waals surface area contributed by atoms with Crippen LogP contribution in [0.5, 0.6) is 0 Å². The van der Waals surface area contributed by atoms with Crippen LogP contribution in [0.4, 0.5) is 5.69 Å². The van der Waals surface area contributed by atoms with Crippen molar-refractivity contribution in [2.24, 2.45) is 0 Å². The lowest BCUT2D eigenvalue weighted by Crippen LogP contribution is -2.22. The zero-order valence-corrected chi connectivity index (χ0v) is 18.8. The molecular formula is C22H20N4O3S2. The number of amides is 1. The molecule has 2 aromatic heterocycles. The van der Waals surface area contributed by atoms with E-state index >= 15 is 0 Å². The number of fused-ring (bicyclic) bond motifs is 1. The molecule has 0 atom stereocenters. The minimum absolute atomic E-state index is 0.139. The Hall–Kier alpha value is -3.14. The minimum atomic E-state index is -3.53. The van der Waals surface area contributed by atoms with Gasteiger partial charge in [-0.25, -0.2) is 22.7 Å². The van der Waals surface area contributed by atoms with Gasteiger partial charge in [-0.3, -0.25) is 4.79 Å². The fraction of sp³-hybridized carbons (Fsp3) is 0.136. The summed E-state index contributed by atoms with van der Waals surface area (Å²) in [7, 11) is -0.603. The minimum Gasteiger partial charge on any atom is -0.322 e. The van der Waals surface area contributed by atoms with Crippen LogP contribution in [-0.4, -0.2) is 42.7 Å². The van der Waals surface area contributed by atoms with Crippen molar-refractivity contribution in [3.8, 4) is 10.6 Å². The predicted octanol–water partition coefficient (Wildman–Crippen LogP) is 4.17. The van der Waals surface area contributed by atoms with Gasteiger partial charge in [0.2, 0.25) is 10.0 Å². The highest BCUT2D eigenvalue weighted by molar-refractivity contribution is 7.89. The van der Waals surface area contributed by atoms with Crippen molar-refractivity contribution in [3.05, 3.63) is 71.9 Å². The van der Waals surface area contributed by atoms with E-state index in [0.717, 1.165) is 30.8 Å². The predicted molar refractivity (Wildman–Crippen MR) is 123 cm³/mol. The van der Waals surface area contributed by atoms with Crippen molar-refractivity contribution < 1.29 is 13.2 Å². The lowest BCUT2D eigenvalue weighted by Gasteiger charge is -2.12. The largest absolute Gasteiger partial charge is 0.322 e. The number of pyridine rings is 1. The number of anilines is 1. The molecule has 0 fully saturated rings. The highest BCUT2D eigenvalue weighted by Gasteiger charge is 2.18. The van der Waals surface area contributed by atoms with Crippen molar-refractivity contribution in [1.29, 1.82) is 0 Å². The number of benzene rings is 2. The van der Waals surface area contributed by atoms with E-state index in [2.05, 4.69) is 15.3 Å². The molecule has 0 aliphatic rings. The zero-order chi connectivity index (χ0) is 22.2. The second-order valence-corrected chi connectivity index (χ2v) is 10.3. The Kier molecular flexibility index (Phi) is 5.57. The highest BCUT2D eigenvalue weighted by Crippen LogP contribution is 2.31. The molecule has 4 rings (SSSR count). The first-order chi connectivity index (χ1) is 14.8. The SMILES string of the molecule is Cc1cc(-c2nc3cccnc3s2)ccc1NC(=O)c1ccc(S(=O)(=O)N(C)C)cc1. The molecule has 9 heteroatoms. The van der Waals surface area contributed by atoms with Crippen LogP contribution in [-0.2, 0) is 10.0 Å². The van der Waals surface area contributed by atoms with Crippen LogP contribution in [0, 0.1) is 6.92 Å². The van der Waals surface area contributed by atoms with Gasteiger partial charge in [0.1, 0.15) is 15.4 Å². The first-order valence-electron chi connectivity index (χ1n) is 9.42. The number of sulfonamides is 1. The molecule has 2 aromatic carbocycles. The van der Waals surface area contributed by atoms with E-state index in [-0.39, 0.29) is 10.8 Å². The quantitative estimate of drug-likeness (QED) is 0.491. The lowest BCUT2D eigenvalue weighted by molar-refractivity contribution is 0.102. The molecule has 158 valence electrons. The van der Waals surface area contributed by atoms with Gasteiger partial charge < -0.3 is 5.32 Å². The summed E-state index contributed by atoms with van der Waals surface area (Å²) in [6.45, 7) is 1.91. The summed E-state index contributed by atoms with van der Waals surface area (Å²) < 4.78 is 25.5. The summed E-state index contributed by atoms with van der Waals surface area (Å²) >= 11 is 1.52. The zero-order valence-electron chi connectivity index (χ0n) is 17.2. The molecule has 0 aliphatic carbocycles. The summed E-state index contributed by atoms with van der Waals surface area (Å²) in [5, 5.41) is 3.75. The van der Waals surface area contributed by atoms with Crippen LogP contribution in [0.1, 0.15) is 15.9 Å². The van der Waals surface area contributed by atoms with E-state index in [1.165, 1.54) is 49.7 Å². The fourth-order valence-electron chi connectivity index (χ4n) is 3.01. The Morgan fingerprint density at radius 1 is 1.06 bits per heavy atom. The molecule has 7 nitrogen and oxygen atoms in total. The molecule has 0 saturated heterocycles. The number of thiazole rings is 1. The number of aromatic nitrogens is 2. The van der Waals surface area contributed by atoms with Gasteiger partial charge in [0.25, 0.3) is 5.91 Å². The molecule has 0 aliphatic heterocycles. The molecule has 0 unspecified atom stereocenters. The van der Waals surface area contributed by atoms with Crippen molar-refractivity contribution in [3.63, 3.8) is 0 Å². The molecule has 1 N–H and O–H groups in total. The maximum absolute atomic E-state index is 12.6. The lowest BCUT2D eigenvalue weighted by atomic mass is 10.1. The van der Waals surface area contributed by atoms with E-state index < -0.39 is 10.0 Å². The van der Waals surface area contributed by atoms with Crippen LogP contribution >= 0.6 is 11.3 Å². The molecular weight excluding hydrogens is 432 g/mol. The Balaban J connectivity index is 1.53. The maximum Gasteiger partial charge on any atom is 0.255 e. The smallest absolute Gasteiger partial charge is 0.255 e. The second-order valence-electron chi connectivity index (χ2n) is 7.14. The number of carbonyl (C=O) groups excluding carboxylic acids is 1. The van der Waals surface area contributed by atoms with Crippen LogP contribution in [0.2, 0.25) is 0 Å². The Labute approximate surface area is 184 Å². The normalized spacial score (nSPS) is 11.7. The molecule has 4 aromatic rings. The molecule has 2 heterocycles. The number of hydrogen-bond acceptors (Lipinski definition) is 6. The van der Waals surface area contributed by atoms with Gasteiger partial charge in [-0.15, -0.1) is 0 Å². The Bertz CT molecular complexity index is 1340. The molecule has 0 spiro atoms. The molecule has 0 radical (unpaired) electrons. The number of rotatable bonds is 5. The standard InChI is InChI=1S/C22H20N4O3S2/c1-14-13-16(21-25-19-5-4-12-23-22(19)30-21)8-11-18(14)24-20(27)15-6-9-17(10-7-15)31(28,29)26(2)3/h4-13H,1-3H3,(H,24,27). The molecule has 0 saturated carbocycles. The maximum atomic E-state index is 12.6. The monoisotopic (exact) mass is 452 g/mol. The average Bonchev–Trinajstić information content (AvgIpc) is 3.19. The van der Waals surface area contributed by atoms with Gasteiger partial charge in [0.15, 0.2) is 0 Å². The summed E-state index contributed by atoms with van der Waals surface area (Å²) in [5.41, 5.74) is 3.76. The van der Waals surface area contributed by atoms with Crippen LogP contribution in [0.15, 0.2) is 65.7 Å². The first-order valence-corrected chi connectivity index (χ1v) is 11.7. The van der Waals surface area contributed by atoms with Gasteiger partial charge in [0.05, 0.1) is 4.90 Å². The third kappa shape index (κ3) is 4.20. The Morgan fingerprint density at radius 2 is 1.81 bits per heavy atom. The average molecular weight is 453 g/mol. The fourth-order valence-corrected chi connectivity index (χ4v) is 4.82. The van der Waals surface area contributed by atoms with E-state index in [1.54, 1.807) is 6.20 Å². The van der Waals surface area contributed by atoms with E-state index in [0.29, 0.717) is 11.3 Å². The molecule has 0 bridgehead atoms. The third-order valence-electron chi connectivity index (χ3n) is 4.78. The second kappa shape index (κ2) is 8.18. The number of nitrogens with one attached hydrogen (secondary N) is 1. The van der Waals surface area contributed by atoms with Crippen molar-refractivity contribution >= 4 is 43.3 Å². The highest BCUT2D eigenvalue weighted by atomic mass is 32.2. The van der Waals surface area contributed by atoms with Crippen LogP contribution < -0.4 is 5.32 Å². The number of aryl methyl sites for hydroxylation is 1. The number of hydrogen-bond donors (Lipinski definition) is 1. The summed E-state index contributed by atoms with van der Waals surface area (Å²) in [6.07, 6.45) is 1.75. The molecule has 31 heavy (non-hydrogen) atoms. The van der Waals surface area contributed by atoms with E-state index in [1.807, 2.05) is 37.3 Å². The van der Waals surface area contributed by atoms with E-state index in [9.17, 15) is 13.2 Å².